The van der Waals surface area contributed by atoms with Gasteiger partial charge >= 0.3 is 0 Å². The number of aromatic nitrogens is 2. The zero-order valence-electron chi connectivity index (χ0n) is 11.2. The zero-order valence-corrected chi connectivity index (χ0v) is 11.2. The van der Waals surface area contributed by atoms with Crippen LogP contribution in [0.15, 0.2) is 42.7 Å². The molecule has 0 aliphatic carbocycles. The third-order valence-electron chi connectivity index (χ3n) is 2.93. The lowest BCUT2D eigenvalue weighted by Gasteiger charge is -2.06. The minimum absolute atomic E-state index is 0.0836. The second-order valence-electron chi connectivity index (χ2n) is 4.50. The molecule has 1 heterocycles. The molecule has 4 nitrogen and oxygen atoms in total. The highest BCUT2D eigenvalue weighted by Gasteiger charge is 2.02. The van der Waals surface area contributed by atoms with E-state index >= 15 is 0 Å². The fraction of sp³-hybridized carbons (Fsp3) is 0.333. The predicted octanol–water partition coefficient (Wildman–Crippen LogP) is 3.39. The van der Waals surface area contributed by atoms with E-state index in [1.807, 2.05) is 36.5 Å². The van der Waals surface area contributed by atoms with Gasteiger partial charge in [-0.3, -0.25) is 4.79 Å². The molecule has 1 amide bonds. The van der Waals surface area contributed by atoms with Crippen molar-refractivity contribution in [2.75, 3.05) is 5.32 Å². The van der Waals surface area contributed by atoms with E-state index in [9.17, 15) is 4.79 Å². The Morgan fingerprint density at radius 2 is 2.05 bits per heavy atom. The largest absolute Gasteiger partial charge is 0.326 e. The highest BCUT2D eigenvalue weighted by Crippen LogP contribution is 2.13. The van der Waals surface area contributed by atoms with Gasteiger partial charge in [0.05, 0.1) is 5.69 Å². The molecule has 2 rings (SSSR count). The van der Waals surface area contributed by atoms with Crippen LogP contribution in [0.1, 0.15) is 32.6 Å². The molecule has 0 saturated heterocycles. The number of rotatable bonds is 6. The topological polar surface area (TPSA) is 46.9 Å². The maximum Gasteiger partial charge on any atom is 0.224 e. The van der Waals surface area contributed by atoms with Crippen molar-refractivity contribution in [2.45, 2.75) is 32.6 Å². The molecule has 0 atom stereocenters. The molecule has 0 aliphatic heterocycles. The van der Waals surface area contributed by atoms with E-state index < -0.39 is 0 Å². The van der Waals surface area contributed by atoms with Gasteiger partial charge in [0.2, 0.25) is 5.91 Å². The summed E-state index contributed by atoms with van der Waals surface area (Å²) in [4.78, 5) is 11.7. The molecule has 1 N–H and O–H groups in total. The molecule has 100 valence electrons. The summed E-state index contributed by atoms with van der Waals surface area (Å²) in [5, 5.41) is 7.06. The van der Waals surface area contributed by atoms with E-state index in [0.29, 0.717) is 6.42 Å². The van der Waals surface area contributed by atoms with Crippen LogP contribution in [0.4, 0.5) is 5.69 Å². The number of nitrogens with one attached hydrogen (secondary N) is 1. The average molecular weight is 257 g/mol. The predicted molar refractivity (Wildman–Crippen MR) is 76.3 cm³/mol. The third-order valence-corrected chi connectivity index (χ3v) is 2.93. The smallest absolute Gasteiger partial charge is 0.224 e. The minimum Gasteiger partial charge on any atom is -0.326 e. The summed E-state index contributed by atoms with van der Waals surface area (Å²) < 4.78 is 1.78. The van der Waals surface area contributed by atoms with Crippen LogP contribution in [-0.2, 0) is 4.79 Å². The van der Waals surface area contributed by atoms with Crippen LogP contribution < -0.4 is 5.32 Å². The fourth-order valence-corrected chi connectivity index (χ4v) is 1.88. The van der Waals surface area contributed by atoms with Gasteiger partial charge in [-0.1, -0.05) is 19.8 Å². The third kappa shape index (κ3) is 3.95. The Morgan fingerprint density at radius 1 is 1.26 bits per heavy atom. The van der Waals surface area contributed by atoms with E-state index in [1.54, 1.807) is 10.9 Å². The normalized spacial score (nSPS) is 10.4. The summed E-state index contributed by atoms with van der Waals surface area (Å²) in [6.07, 6.45) is 7.40. The molecule has 1 aromatic heterocycles. The monoisotopic (exact) mass is 257 g/mol. The maximum absolute atomic E-state index is 11.7. The van der Waals surface area contributed by atoms with Crippen LogP contribution in [0.5, 0.6) is 0 Å². The number of unbranched alkanes of at least 4 members (excludes halogenated alkanes) is 2. The summed E-state index contributed by atoms with van der Waals surface area (Å²) in [7, 11) is 0. The summed E-state index contributed by atoms with van der Waals surface area (Å²) in [5.41, 5.74) is 1.81. The molecule has 0 unspecified atom stereocenters. The number of benzene rings is 1. The van der Waals surface area contributed by atoms with Crippen molar-refractivity contribution in [1.82, 2.24) is 9.78 Å². The Labute approximate surface area is 113 Å². The average Bonchev–Trinajstić information content (AvgIpc) is 2.94. The molecule has 4 heteroatoms. The van der Waals surface area contributed by atoms with Crippen molar-refractivity contribution in [3.8, 4) is 5.69 Å². The molecule has 2 aromatic rings. The number of amides is 1. The Bertz CT molecular complexity index is 503. The van der Waals surface area contributed by atoms with E-state index in [4.69, 9.17) is 0 Å². The van der Waals surface area contributed by atoms with Crippen LogP contribution >= 0.6 is 0 Å². The van der Waals surface area contributed by atoms with E-state index in [2.05, 4.69) is 17.3 Å². The van der Waals surface area contributed by atoms with Crippen LogP contribution in [0.2, 0.25) is 0 Å². The standard InChI is InChI=1S/C15H19N3O/c1-2-3-4-6-15(19)17-13-7-9-14(10-8-13)18-12-5-11-16-18/h5,7-12H,2-4,6H2,1H3,(H,17,19). The van der Waals surface area contributed by atoms with E-state index in [-0.39, 0.29) is 5.91 Å². The molecule has 19 heavy (non-hydrogen) atoms. The van der Waals surface area contributed by atoms with Crippen LogP contribution in [0.25, 0.3) is 5.69 Å². The molecule has 0 aliphatic rings. The number of anilines is 1. The Hall–Kier alpha value is -2.10. The SMILES string of the molecule is CCCCCC(=O)Nc1ccc(-n2cccn2)cc1. The Kier molecular flexibility index (Phi) is 4.72. The van der Waals surface area contributed by atoms with Crippen molar-refractivity contribution in [2.24, 2.45) is 0 Å². The molecule has 0 spiro atoms. The lowest BCUT2D eigenvalue weighted by Crippen LogP contribution is -2.11. The van der Waals surface area contributed by atoms with Crippen molar-refractivity contribution < 1.29 is 4.79 Å². The van der Waals surface area contributed by atoms with Gasteiger partial charge < -0.3 is 5.32 Å². The molecule has 0 fully saturated rings. The zero-order chi connectivity index (χ0) is 13.5. The van der Waals surface area contributed by atoms with Gasteiger partial charge in [-0.2, -0.15) is 5.10 Å². The van der Waals surface area contributed by atoms with Crippen molar-refractivity contribution in [3.63, 3.8) is 0 Å². The summed E-state index contributed by atoms with van der Waals surface area (Å²) in [6, 6.07) is 9.55. The first kappa shape index (κ1) is 13.3. The van der Waals surface area contributed by atoms with Gasteiger partial charge in [0.1, 0.15) is 0 Å². The molecular formula is C15H19N3O. The minimum atomic E-state index is 0.0836. The van der Waals surface area contributed by atoms with Gasteiger partial charge in [0.15, 0.2) is 0 Å². The van der Waals surface area contributed by atoms with Crippen LogP contribution in [-0.4, -0.2) is 15.7 Å². The first-order chi connectivity index (χ1) is 9.29. The van der Waals surface area contributed by atoms with Gasteiger partial charge in [0.25, 0.3) is 0 Å². The lowest BCUT2D eigenvalue weighted by molar-refractivity contribution is -0.116. The highest BCUT2D eigenvalue weighted by molar-refractivity contribution is 5.90. The summed E-state index contributed by atoms with van der Waals surface area (Å²) in [6.45, 7) is 2.13. The number of carbonyl (C=O) groups is 1. The quantitative estimate of drug-likeness (QED) is 0.806. The van der Waals surface area contributed by atoms with Crippen LogP contribution in [0.3, 0.4) is 0 Å². The first-order valence-corrected chi connectivity index (χ1v) is 6.69. The number of hydrogen-bond acceptors (Lipinski definition) is 2. The lowest BCUT2D eigenvalue weighted by atomic mass is 10.2. The van der Waals surface area contributed by atoms with Crippen molar-refractivity contribution >= 4 is 11.6 Å². The molecule has 1 aromatic carbocycles. The fourth-order valence-electron chi connectivity index (χ4n) is 1.88. The molecule has 0 saturated carbocycles. The number of carbonyl (C=O) groups excluding carboxylic acids is 1. The van der Waals surface area contributed by atoms with Gasteiger partial charge in [-0.05, 0) is 36.8 Å². The molecular weight excluding hydrogens is 238 g/mol. The molecule has 0 bridgehead atoms. The summed E-state index contributed by atoms with van der Waals surface area (Å²) in [5.74, 6) is 0.0836. The van der Waals surface area contributed by atoms with Gasteiger partial charge in [-0.25, -0.2) is 4.68 Å². The van der Waals surface area contributed by atoms with E-state index in [1.165, 1.54) is 0 Å². The second-order valence-corrected chi connectivity index (χ2v) is 4.50. The summed E-state index contributed by atoms with van der Waals surface area (Å²) >= 11 is 0. The number of nitrogens with zero attached hydrogens (tertiary/aromatic N) is 2. The highest BCUT2D eigenvalue weighted by atomic mass is 16.1. The van der Waals surface area contributed by atoms with Crippen LogP contribution in [0, 0.1) is 0 Å². The molecule has 0 radical (unpaired) electrons. The van der Waals surface area contributed by atoms with E-state index in [0.717, 1.165) is 30.6 Å². The van der Waals surface area contributed by atoms with Gasteiger partial charge in [-0.15, -0.1) is 0 Å². The first-order valence-electron chi connectivity index (χ1n) is 6.69. The maximum atomic E-state index is 11.7. The Morgan fingerprint density at radius 3 is 2.68 bits per heavy atom. The van der Waals surface area contributed by atoms with Crippen molar-refractivity contribution in [3.05, 3.63) is 42.7 Å². The number of hydrogen-bond donors (Lipinski definition) is 1. The van der Waals surface area contributed by atoms with Gasteiger partial charge in [0, 0.05) is 24.5 Å². The second kappa shape index (κ2) is 6.73. The van der Waals surface area contributed by atoms with Crippen molar-refractivity contribution in [1.29, 1.82) is 0 Å². The Balaban J connectivity index is 1.90.